The third-order valence-corrected chi connectivity index (χ3v) is 6.16. The molecule has 175 valence electrons. The van der Waals surface area contributed by atoms with Crippen molar-refractivity contribution in [2.45, 2.75) is 168 Å². The Balaban J connectivity index is 2.97. The quantitative estimate of drug-likeness (QED) is 0.129. The second-order valence-corrected chi connectivity index (χ2v) is 9.25. The normalized spacial score (nSPS) is 11.4. The Labute approximate surface area is 186 Å². The fourth-order valence-electron chi connectivity index (χ4n) is 4.08. The van der Waals surface area contributed by atoms with Gasteiger partial charge in [0, 0.05) is 6.61 Å². The molecule has 0 unspecified atom stereocenters. The molecule has 0 aromatic rings. The highest BCUT2D eigenvalue weighted by Crippen LogP contribution is 2.14. The van der Waals surface area contributed by atoms with Gasteiger partial charge in [-0.1, -0.05) is 155 Å². The van der Waals surface area contributed by atoms with Crippen LogP contribution in [0.15, 0.2) is 0 Å². The minimum atomic E-state index is 0.939. The standard InChI is InChI=1S/C28H57O/c1-3-5-7-9-11-13-15-16-17-18-20-22-24-26-28-29-27-25-23-21-19-14-12-10-8-6-4-2/h28H,3-27H2,1-2H3. The highest BCUT2D eigenvalue weighted by Gasteiger charge is 1.96. The van der Waals surface area contributed by atoms with Crippen LogP contribution in [0, 0.1) is 6.61 Å². The van der Waals surface area contributed by atoms with Gasteiger partial charge in [-0.3, -0.25) is 0 Å². The van der Waals surface area contributed by atoms with E-state index in [0.717, 1.165) is 13.0 Å². The Hall–Kier alpha value is -0.0400. The molecule has 1 radical (unpaired) electrons. The Morgan fingerprint density at radius 1 is 0.379 bits per heavy atom. The van der Waals surface area contributed by atoms with E-state index in [1.54, 1.807) is 0 Å². The zero-order valence-corrected chi connectivity index (χ0v) is 20.7. The average Bonchev–Trinajstić information content (AvgIpc) is 2.74. The van der Waals surface area contributed by atoms with E-state index in [0.29, 0.717) is 0 Å². The summed E-state index contributed by atoms with van der Waals surface area (Å²) in [5.41, 5.74) is 0. The van der Waals surface area contributed by atoms with Crippen LogP contribution in [0.3, 0.4) is 0 Å². The zero-order valence-electron chi connectivity index (χ0n) is 20.7. The summed E-state index contributed by atoms with van der Waals surface area (Å²) in [4.78, 5) is 0. The van der Waals surface area contributed by atoms with Crippen LogP contribution >= 0.6 is 0 Å². The SMILES string of the molecule is CCCCCCCCCCCCCCC[CH]OCCCCCCCCCCCC. The molecule has 0 bridgehead atoms. The van der Waals surface area contributed by atoms with Gasteiger partial charge in [-0.15, -0.1) is 0 Å². The summed E-state index contributed by atoms with van der Waals surface area (Å²) in [6.45, 7) is 7.60. The summed E-state index contributed by atoms with van der Waals surface area (Å²) in [5, 5.41) is 0. The Bertz CT molecular complexity index is 237. The fourth-order valence-corrected chi connectivity index (χ4v) is 4.08. The summed E-state index contributed by atoms with van der Waals surface area (Å²) >= 11 is 0. The van der Waals surface area contributed by atoms with Crippen molar-refractivity contribution in [3.63, 3.8) is 0 Å². The van der Waals surface area contributed by atoms with Crippen molar-refractivity contribution in [3.8, 4) is 0 Å². The smallest absolute Gasteiger partial charge is 0.0836 e. The highest BCUT2D eigenvalue weighted by molar-refractivity contribution is 4.54. The first-order valence-electron chi connectivity index (χ1n) is 13.8. The van der Waals surface area contributed by atoms with Gasteiger partial charge in [0.1, 0.15) is 0 Å². The van der Waals surface area contributed by atoms with E-state index < -0.39 is 0 Å². The third kappa shape index (κ3) is 28.0. The van der Waals surface area contributed by atoms with Crippen molar-refractivity contribution in [2.75, 3.05) is 6.61 Å². The van der Waals surface area contributed by atoms with Crippen LogP contribution in [0.4, 0.5) is 0 Å². The molecule has 1 heteroatoms. The summed E-state index contributed by atoms with van der Waals surface area (Å²) in [7, 11) is 0. The number of hydrogen-bond acceptors (Lipinski definition) is 1. The molecule has 0 amide bonds. The van der Waals surface area contributed by atoms with Crippen LogP contribution in [0.2, 0.25) is 0 Å². The molecule has 0 aliphatic rings. The van der Waals surface area contributed by atoms with Crippen LogP contribution in [-0.4, -0.2) is 6.61 Å². The number of rotatable bonds is 26. The van der Waals surface area contributed by atoms with Gasteiger partial charge in [-0.25, -0.2) is 0 Å². The van der Waals surface area contributed by atoms with Crippen molar-refractivity contribution in [1.82, 2.24) is 0 Å². The van der Waals surface area contributed by atoms with E-state index in [-0.39, 0.29) is 0 Å². The number of hydrogen-bond donors (Lipinski definition) is 0. The predicted octanol–water partition coefficient (Wildman–Crippen LogP) is 10.6. The maximum Gasteiger partial charge on any atom is 0.0836 e. The van der Waals surface area contributed by atoms with Gasteiger partial charge in [-0.05, 0) is 12.8 Å². The summed E-state index contributed by atoms with van der Waals surface area (Å²) in [6, 6.07) is 0. The summed E-state index contributed by atoms with van der Waals surface area (Å²) < 4.78 is 5.69. The molecular formula is C28H57O. The molecule has 0 atom stereocenters. The van der Waals surface area contributed by atoms with Gasteiger partial charge < -0.3 is 4.74 Å². The lowest BCUT2D eigenvalue weighted by molar-refractivity contribution is 0.183. The molecule has 1 nitrogen and oxygen atoms in total. The summed E-state index contributed by atoms with van der Waals surface area (Å²) in [5.74, 6) is 0. The van der Waals surface area contributed by atoms with Crippen LogP contribution in [0.5, 0.6) is 0 Å². The van der Waals surface area contributed by atoms with Gasteiger partial charge in [0.15, 0.2) is 0 Å². The lowest BCUT2D eigenvalue weighted by atomic mass is 10.0. The molecule has 29 heavy (non-hydrogen) atoms. The molecule has 0 rings (SSSR count). The number of unbranched alkanes of at least 4 members (excludes halogenated alkanes) is 22. The number of ether oxygens (including phenoxy) is 1. The molecule has 0 aromatic heterocycles. The highest BCUT2D eigenvalue weighted by atomic mass is 16.5. The molecule has 0 aliphatic heterocycles. The first-order chi connectivity index (χ1) is 14.4. The Morgan fingerprint density at radius 2 is 0.690 bits per heavy atom. The largest absolute Gasteiger partial charge is 0.376 e. The van der Waals surface area contributed by atoms with Gasteiger partial charge in [0.2, 0.25) is 0 Å². The van der Waals surface area contributed by atoms with E-state index in [9.17, 15) is 0 Å². The Morgan fingerprint density at radius 3 is 1.07 bits per heavy atom. The van der Waals surface area contributed by atoms with E-state index in [1.165, 1.54) is 148 Å². The van der Waals surface area contributed by atoms with Crippen LogP contribution < -0.4 is 0 Å². The molecular weight excluding hydrogens is 352 g/mol. The summed E-state index contributed by atoms with van der Waals surface area (Å²) in [6.07, 6.45) is 33.7. The van der Waals surface area contributed by atoms with Crippen LogP contribution in [-0.2, 0) is 4.74 Å². The molecule has 0 spiro atoms. The minimum absolute atomic E-state index is 0.939. The van der Waals surface area contributed by atoms with Gasteiger partial charge in [0.05, 0.1) is 6.61 Å². The molecule has 0 fully saturated rings. The van der Waals surface area contributed by atoms with Crippen molar-refractivity contribution < 1.29 is 4.74 Å². The van der Waals surface area contributed by atoms with Crippen molar-refractivity contribution in [1.29, 1.82) is 0 Å². The Kier molecular flexibility index (Phi) is 27.9. The maximum absolute atomic E-state index is 5.69. The average molecular weight is 410 g/mol. The topological polar surface area (TPSA) is 9.23 Å². The molecule has 0 aliphatic carbocycles. The van der Waals surface area contributed by atoms with Gasteiger partial charge >= 0.3 is 0 Å². The first-order valence-corrected chi connectivity index (χ1v) is 13.8. The van der Waals surface area contributed by atoms with E-state index in [1.807, 2.05) is 0 Å². The fraction of sp³-hybridized carbons (Fsp3) is 0.964. The van der Waals surface area contributed by atoms with Crippen molar-refractivity contribution >= 4 is 0 Å². The van der Waals surface area contributed by atoms with E-state index in [4.69, 9.17) is 4.74 Å². The van der Waals surface area contributed by atoms with Crippen LogP contribution in [0.25, 0.3) is 0 Å². The third-order valence-electron chi connectivity index (χ3n) is 6.16. The second-order valence-electron chi connectivity index (χ2n) is 9.25. The molecule has 0 saturated carbocycles. The molecule has 0 saturated heterocycles. The van der Waals surface area contributed by atoms with E-state index in [2.05, 4.69) is 20.5 Å². The zero-order chi connectivity index (χ0) is 21.1. The molecule has 0 aromatic carbocycles. The minimum Gasteiger partial charge on any atom is -0.376 e. The van der Waals surface area contributed by atoms with Crippen molar-refractivity contribution in [2.24, 2.45) is 0 Å². The molecule has 0 heterocycles. The maximum atomic E-state index is 5.69. The lowest BCUT2D eigenvalue weighted by Crippen LogP contribution is -1.92. The van der Waals surface area contributed by atoms with Gasteiger partial charge in [0.25, 0.3) is 0 Å². The van der Waals surface area contributed by atoms with Gasteiger partial charge in [-0.2, -0.15) is 0 Å². The van der Waals surface area contributed by atoms with E-state index >= 15 is 0 Å². The monoisotopic (exact) mass is 409 g/mol. The van der Waals surface area contributed by atoms with Crippen LogP contribution in [0.1, 0.15) is 168 Å². The second kappa shape index (κ2) is 28.0. The predicted molar refractivity (Wildman–Crippen MR) is 132 cm³/mol. The first kappa shape index (κ1) is 29.0. The lowest BCUT2D eigenvalue weighted by Gasteiger charge is -2.05. The molecule has 0 N–H and O–H groups in total. The van der Waals surface area contributed by atoms with Crippen molar-refractivity contribution in [3.05, 3.63) is 6.61 Å².